The number of thioether (sulfide) groups is 1. The third kappa shape index (κ3) is 4.18. The summed E-state index contributed by atoms with van der Waals surface area (Å²) >= 11 is 2.85. The Bertz CT molecular complexity index is 1130. The maximum absolute atomic E-state index is 12.6. The van der Waals surface area contributed by atoms with E-state index in [1.54, 1.807) is 12.3 Å². The molecule has 0 aliphatic heterocycles. The zero-order valence-electron chi connectivity index (χ0n) is 14.8. The number of nitrogens with one attached hydrogen (secondary N) is 2. The van der Waals surface area contributed by atoms with Gasteiger partial charge in [-0.15, -0.1) is 23.1 Å². The van der Waals surface area contributed by atoms with Crippen molar-refractivity contribution in [1.29, 1.82) is 0 Å². The minimum atomic E-state index is -0.150. The molecule has 0 aliphatic rings. The van der Waals surface area contributed by atoms with Crippen LogP contribution in [0.2, 0.25) is 0 Å². The van der Waals surface area contributed by atoms with Crippen molar-refractivity contribution in [1.82, 2.24) is 15.3 Å². The number of benzene rings is 1. The van der Waals surface area contributed by atoms with E-state index in [1.165, 1.54) is 23.1 Å². The van der Waals surface area contributed by atoms with Gasteiger partial charge in [0.05, 0.1) is 29.7 Å². The van der Waals surface area contributed by atoms with E-state index >= 15 is 0 Å². The molecule has 3 aromatic heterocycles. The van der Waals surface area contributed by atoms with Crippen molar-refractivity contribution < 1.29 is 9.21 Å². The largest absolute Gasteiger partial charge is 0.467 e. The standard InChI is InChI=1S/C20H17N3O3S2/c24-17(21-9-14-7-4-8-26-14)12-27-11-16-22-19(25)18-15(10-28-20(18)23-16)13-5-2-1-3-6-13/h1-8,10H,9,11-12H2,(H,21,24)(H,22,23,25). The van der Waals surface area contributed by atoms with Crippen molar-refractivity contribution in [2.24, 2.45) is 0 Å². The third-order valence-corrected chi connectivity index (χ3v) is 5.91. The molecule has 0 spiro atoms. The molecule has 0 unspecified atom stereocenters. The first kappa shape index (κ1) is 18.5. The molecular weight excluding hydrogens is 394 g/mol. The fourth-order valence-corrected chi connectivity index (χ4v) is 4.47. The number of rotatable bonds is 7. The first-order valence-corrected chi connectivity index (χ1v) is 10.7. The van der Waals surface area contributed by atoms with Gasteiger partial charge >= 0.3 is 0 Å². The second kappa shape index (κ2) is 8.45. The molecule has 0 fully saturated rings. The molecule has 28 heavy (non-hydrogen) atoms. The number of thiophene rings is 1. The summed E-state index contributed by atoms with van der Waals surface area (Å²) < 4.78 is 5.18. The average Bonchev–Trinajstić information content (AvgIpc) is 3.37. The van der Waals surface area contributed by atoms with E-state index in [4.69, 9.17) is 4.42 Å². The Morgan fingerprint density at radius 2 is 2.07 bits per heavy atom. The molecular formula is C20H17N3O3S2. The molecule has 142 valence electrons. The summed E-state index contributed by atoms with van der Waals surface area (Å²) in [6.07, 6.45) is 1.57. The first-order chi connectivity index (χ1) is 13.7. The van der Waals surface area contributed by atoms with Crippen LogP contribution in [-0.4, -0.2) is 21.6 Å². The predicted octanol–water partition coefficient (Wildman–Crippen LogP) is 3.79. The summed E-state index contributed by atoms with van der Waals surface area (Å²) in [4.78, 5) is 32.6. The predicted molar refractivity (Wildman–Crippen MR) is 112 cm³/mol. The lowest BCUT2D eigenvalue weighted by Gasteiger charge is -2.04. The molecule has 8 heteroatoms. The third-order valence-electron chi connectivity index (χ3n) is 4.09. The van der Waals surface area contributed by atoms with Crippen LogP contribution in [0.15, 0.2) is 63.3 Å². The van der Waals surface area contributed by atoms with E-state index in [0.717, 1.165) is 11.1 Å². The highest BCUT2D eigenvalue weighted by atomic mass is 32.2. The van der Waals surface area contributed by atoms with Gasteiger partial charge in [0.25, 0.3) is 5.56 Å². The molecule has 2 N–H and O–H groups in total. The number of nitrogens with zero attached hydrogens (tertiary/aromatic N) is 1. The molecule has 0 bridgehead atoms. The molecule has 4 rings (SSSR count). The number of furan rings is 1. The van der Waals surface area contributed by atoms with Crippen LogP contribution in [0.3, 0.4) is 0 Å². The summed E-state index contributed by atoms with van der Waals surface area (Å²) in [5, 5.41) is 5.36. The van der Waals surface area contributed by atoms with Gasteiger partial charge in [0, 0.05) is 10.9 Å². The van der Waals surface area contributed by atoms with Crippen molar-refractivity contribution in [2.45, 2.75) is 12.3 Å². The Labute approximate surface area is 169 Å². The van der Waals surface area contributed by atoms with Crippen molar-refractivity contribution in [3.8, 4) is 11.1 Å². The zero-order chi connectivity index (χ0) is 19.3. The van der Waals surface area contributed by atoms with Crippen LogP contribution >= 0.6 is 23.1 Å². The average molecular weight is 412 g/mol. The van der Waals surface area contributed by atoms with E-state index in [0.29, 0.717) is 34.1 Å². The second-order valence-corrected chi connectivity index (χ2v) is 7.90. The number of carbonyl (C=O) groups excluding carboxylic acids is 1. The number of fused-ring (bicyclic) bond motifs is 1. The van der Waals surface area contributed by atoms with Crippen LogP contribution in [0.4, 0.5) is 0 Å². The Kier molecular flexibility index (Phi) is 5.59. The van der Waals surface area contributed by atoms with Crippen LogP contribution in [-0.2, 0) is 17.1 Å². The fraction of sp³-hybridized carbons (Fsp3) is 0.150. The van der Waals surface area contributed by atoms with Gasteiger partial charge in [0.15, 0.2) is 0 Å². The molecule has 6 nitrogen and oxygen atoms in total. The maximum Gasteiger partial charge on any atom is 0.260 e. The number of H-pyrrole nitrogens is 1. The molecule has 0 saturated heterocycles. The molecule has 3 heterocycles. The second-order valence-electron chi connectivity index (χ2n) is 6.06. The lowest BCUT2D eigenvalue weighted by atomic mass is 10.1. The number of hydrogen-bond donors (Lipinski definition) is 2. The molecule has 0 saturated carbocycles. The Hall–Kier alpha value is -2.84. The van der Waals surface area contributed by atoms with Crippen LogP contribution in [0.25, 0.3) is 21.3 Å². The van der Waals surface area contributed by atoms with Crippen LogP contribution in [0.1, 0.15) is 11.6 Å². The summed E-state index contributed by atoms with van der Waals surface area (Å²) in [6.45, 7) is 0.366. The van der Waals surface area contributed by atoms with Gasteiger partial charge in [0.1, 0.15) is 16.4 Å². The lowest BCUT2D eigenvalue weighted by Crippen LogP contribution is -2.24. The van der Waals surface area contributed by atoms with Gasteiger partial charge in [-0.2, -0.15) is 0 Å². The molecule has 0 radical (unpaired) electrons. The van der Waals surface area contributed by atoms with E-state index < -0.39 is 0 Å². The summed E-state index contributed by atoms with van der Waals surface area (Å²) in [5.74, 6) is 1.93. The smallest absolute Gasteiger partial charge is 0.260 e. The zero-order valence-corrected chi connectivity index (χ0v) is 16.4. The topological polar surface area (TPSA) is 88.0 Å². The lowest BCUT2D eigenvalue weighted by molar-refractivity contribution is -0.118. The van der Waals surface area contributed by atoms with E-state index in [1.807, 2.05) is 41.8 Å². The van der Waals surface area contributed by atoms with Gasteiger partial charge in [-0.25, -0.2) is 4.98 Å². The van der Waals surface area contributed by atoms with Crippen LogP contribution in [0.5, 0.6) is 0 Å². The van der Waals surface area contributed by atoms with Gasteiger partial charge in [-0.05, 0) is 17.7 Å². The number of amides is 1. The van der Waals surface area contributed by atoms with E-state index in [2.05, 4.69) is 15.3 Å². The van der Waals surface area contributed by atoms with Gasteiger partial charge in [0.2, 0.25) is 5.91 Å². The Morgan fingerprint density at radius 1 is 1.21 bits per heavy atom. The quantitative estimate of drug-likeness (QED) is 0.483. The number of aromatic nitrogens is 2. The minimum Gasteiger partial charge on any atom is -0.467 e. The van der Waals surface area contributed by atoms with E-state index in [-0.39, 0.29) is 17.2 Å². The van der Waals surface area contributed by atoms with E-state index in [9.17, 15) is 9.59 Å². The normalized spacial score (nSPS) is 11.0. The Morgan fingerprint density at radius 3 is 2.86 bits per heavy atom. The summed E-state index contributed by atoms with van der Waals surface area (Å²) in [5.41, 5.74) is 1.74. The molecule has 1 amide bonds. The highest BCUT2D eigenvalue weighted by Gasteiger charge is 2.13. The van der Waals surface area contributed by atoms with Crippen LogP contribution < -0.4 is 10.9 Å². The van der Waals surface area contributed by atoms with Crippen molar-refractivity contribution in [3.05, 3.63) is 76.0 Å². The van der Waals surface area contributed by atoms with Crippen LogP contribution in [0, 0.1) is 0 Å². The SMILES string of the molecule is O=C(CSCc1nc2scc(-c3ccccc3)c2c(=O)[nH]1)NCc1ccco1. The Balaban J connectivity index is 1.40. The monoisotopic (exact) mass is 411 g/mol. The van der Waals surface area contributed by atoms with Crippen molar-refractivity contribution >= 4 is 39.2 Å². The fourth-order valence-electron chi connectivity index (χ4n) is 2.78. The first-order valence-electron chi connectivity index (χ1n) is 8.63. The minimum absolute atomic E-state index is 0.0905. The molecule has 0 aliphatic carbocycles. The molecule has 4 aromatic rings. The summed E-state index contributed by atoms with van der Waals surface area (Å²) in [6, 6.07) is 13.4. The molecule has 1 aromatic carbocycles. The maximum atomic E-state index is 12.6. The highest BCUT2D eigenvalue weighted by Crippen LogP contribution is 2.30. The van der Waals surface area contributed by atoms with Gasteiger partial charge in [-0.1, -0.05) is 30.3 Å². The van der Waals surface area contributed by atoms with Gasteiger partial charge in [-0.3, -0.25) is 9.59 Å². The number of aromatic amines is 1. The highest BCUT2D eigenvalue weighted by molar-refractivity contribution is 7.99. The molecule has 0 atom stereocenters. The van der Waals surface area contributed by atoms with Gasteiger partial charge < -0.3 is 14.7 Å². The van der Waals surface area contributed by atoms with Crippen molar-refractivity contribution in [3.63, 3.8) is 0 Å². The van der Waals surface area contributed by atoms with Crippen molar-refractivity contribution in [2.75, 3.05) is 5.75 Å². The number of carbonyl (C=O) groups is 1. The number of hydrogen-bond acceptors (Lipinski definition) is 6. The summed E-state index contributed by atoms with van der Waals surface area (Å²) in [7, 11) is 0.